The van der Waals surface area contributed by atoms with Crippen molar-refractivity contribution < 1.29 is 22.3 Å². The Morgan fingerprint density at radius 1 is 1.48 bits per heavy atom. The number of benzene rings is 1. The molecule has 8 nitrogen and oxygen atoms in total. The fourth-order valence-corrected chi connectivity index (χ4v) is 4.16. The molecule has 1 aromatic heterocycles. The van der Waals surface area contributed by atoms with Crippen LogP contribution in [-0.4, -0.2) is 42.8 Å². The number of nitrogens with zero attached hydrogens (tertiary/aromatic N) is 2. The van der Waals surface area contributed by atoms with Crippen molar-refractivity contribution in [2.45, 2.75) is 6.42 Å². The maximum atomic E-state index is 14.3. The summed E-state index contributed by atoms with van der Waals surface area (Å²) < 4.78 is 45.2. The summed E-state index contributed by atoms with van der Waals surface area (Å²) in [5, 5.41) is -0.269. The molecule has 146 valence electrons. The number of nitrogens with one attached hydrogen (secondary N) is 2. The Bertz CT molecular complexity index is 957. The van der Waals surface area contributed by atoms with Crippen LogP contribution in [0.4, 0.5) is 4.39 Å². The van der Waals surface area contributed by atoms with Gasteiger partial charge in [0.25, 0.3) is 5.91 Å². The number of hydrogen-bond acceptors (Lipinski definition) is 5. The largest absolute Gasteiger partial charge is 0.381 e. The zero-order chi connectivity index (χ0) is 19.6. The third kappa shape index (κ3) is 4.83. The minimum Gasteiger partial charge on any atom is -0.381 e. The SMILES string of the molecule is Cn1cnc(-c2cc(Cl)c(F)c(C(=O)NNS(=O)(=O)CC3CCOC3)c2)c1. The average molecular weight is 417 g/mol. The Hall–Kier alpha value is -2.01. The lowest BCUT2D eigenvalue weighted by Crippen LogP contribution is -2.44. The zero-order valence-electron chi connectivity index (χ0n) is 14.4. The third-order valence-electron chi connectivity index (χ3n) is 4.07. The molecule has 0 bridgehead atoms. The lowest BCUT2D eigenvalue weighted by Gasteiger charge is -2.12. The van der Waals surface area contributed by atoms with Crippen molar-refractivity contribution >= 4 is 27.5 Å². The summed E-state index contributed by atoms with van der Waals surface area (Å²) in [6, 6.07) is 2.61. The topological polar surface area (TPSA) is 102 Å². The first-order chi connectivity index (χ1) is 12.7. The summed E-state index contributed by atoms with van der Waals surface area (Å²) in [6.07, 6.45) is 3.86. The minimum absolute atomic E-state index is 0.141. The highest BCUT2D eigenvalue weighted by Gasteiger charge is 2.24. The number of amides is 1. The van der Waals surface area contributed by atoms with Crippen LogP contribution in [0.25, 0.3) is 11.3 Å². The molecule has 2 aromatic rings. The van der Waals surface area contributed by atoms with E-state index in [1.165, 1.54) is 12.1 Å². The van der Waals surface area contributed by atoms with Gasteiger partial charge in [0.05, 0.1) is 35.0 Å². The quantitative estimate of drug-likeness (QED) is 0.694. The van der Waals surface area contributed by atoms with Gasteiger partial charge in [-0.2, -0.15) is 0 Å². The molecule has 2 N–H and O–H groups in total. The van der Waals surface area contributed by atoms with Gasteiger partial charge in [-0.05, 0) is 24.5 Å². The van der Waals surface area contributed by atoms with E-state index in [1.807, 2.05) is 10.3 Å². The molecule has 27 heavy (non-hydrogen) atoms. The Morgan fingerprint density at radius 3 is 2.89 bits per heavy atom. The molecular weight excluding hydrogens is 399 g/mol. The van der Waals surface area contributed by atoms with Gasteiger partial charge in [0.1, 0.15) is 0 Å². The van der Waals surface area contributed by atoms with Gasteiger partial charge >= 0.3 is 0 Å². The van der Waals surface area contributed by atoms with Crippen LogP contribution in [0.15, 0.2) is 24.7 Å². The van der Waals surface area contributed by atoms with E-state index in [1.54, 1.807) is 24.1 Å². The lowest BCUT2D eigenvalue weighted by molar-refractivity contribution is 0.0941. The molecule has 0 radical (unpaired) electrons. The molecule has 1 fully saturated rings. The standard InChI is InChI=1S/C16H18ClFN4O4S/c1-22-6-14(19-9-22)11-4-12(15(18)13(17)5-11)16(23)20-21-27(24,25)8-10-2-3-26-7-10/h4-6,9-10,21H,2-3,7-8H2,1H3,(H,20,23). The van der Waals surface area contributed by atoms with Gasteiger partial charge in [0, 0.05) is 25.4 Å². The number of aryl methyl sites for hydroxylation is 1. The maximum absolute atomic E-state index is 14.3. The van der Waals surface area contributed by atoms with Crippen molar-refractivity contribution in [1.82, 2.24) is 19.8 Å². The van der Waals surface area contributed by atoms with Crippen LogP contribution in [0.1, 0.15) is 16.8 Å². The molecule has 1 aliphatic heterocycles. The fraction of sp³-hybridized carbons (Fsp3) is 0.375. The van der Waals surface area contributed by atoms with Gasteiger partial charge in [0.2, 0.25) is 10.0 Å². The first kappa shape index (κ1) is 19.7. The molecule has 0 spiro atoms. The van der Waals surface area contributed by atoms with Crippen LogP contribution < -0.4 is 10.3 Å². The second kappa shape index (κ2) is 7.93. The predicted molar refractivity (Wildman–Crippen MR) is 96.9 cm³/mol. The molecule has 1 saturated heterocycles. The highest BCUT2D eigenvalue weighted by atomic mass is 35.5. The maximum Gasteiger partial charge on any atom is 0.269 e. The van der Waals surface area contributed by atoms with E-state index in [0.717, 1.165) is 0 Å². The molecule has 0 aliphatic carbocycles. The Morgan fingerprint density at radius 2 is 2.26 bits per heavy atom. The zero-order valence-corrected chi connectivity index (χ0v) is 16.0. The van der Waals surface area contributed by atoms with E-state index in [-0.39, 0.29) is 16.7 Å². The number of aromatic nitrogens is 2. The number of carbonyl (C=O) groups is 1. The number of ether oxygens (including phenoxy) is 1. The fourth-order valence-electron chi connectivity index (χ4n) is 2.72. The van der Waals surface area contributed by atoms with Gasteiger partial charge in [-0.1, -0.05) is 11.6 Å². The second-order valence-corrected chi connectivity index (χ2v) is 8.49. The summed E-state index contributed by atoms with van der Waals surface area (Å²) in [4.78, 5) is 18.4. The van der Waals surface area contributed by atoms with Crippen LogP contribution in [0, 0.1) is 11.7 Å². The van der Waals surface area contributed by atoms with E-state index < -0.39 is 27.3 Å². The van der Waals surface area contributed by atoms with Gasteiger partial charge in [-0.25, -0.2) is 17.8 Å². The normalized spacial score (nSPS) is 17.2. The molecule has 0 saturated carbocycles. The van der Waals surface area contributed by atoms with Gasteiger partial charge < -0.3 is 9.30 Å². The van der Waals surface area contributed by atoms with Crippen molar-refractivity contribution in [3.8, 4) is 11.3 Å². The Balaban J connectivity index is 1.74. The van der Waals surface area contributed by atoms with Crippen LogP contribution in [0.3, 0.4) is 0 Å². The van der Waals surface area contributed by atoms with Crippen molar-refractivity contribution in [2.24, 2.45) is 13.0 Å². The Labute approximate surface area is 160 Å². The van der Waals surface area contributed by atoms with Crippen LogP contribution >= 0.6 is 11.6 Å². The highest BCUT2D eigenvalue weighted by Crippen LogP contribution is 2.27. The van der Waals surface area contributed by atoms with Gasteiger partial charge in [-0.3, -0.25) is 10.2 Å². The molecule has 2 heterocycles. The van der Waals surface area contributed by atoms with Gasteiger partial charge in [-0.15, -0.1) is 4.83 Å². The summed E-state index contributed by atoms with van der Waals surface area (Å²) >= 11 is 5.88. The molecule has 1 atom stereocenters. The van der Waals surface area contributed by atoms with Crippen molar-refractivity contribution in [1.29, 1.82) is 0 Å². The molecule has 1 unspecified atom stereocenters. The van der Waals surface area contributed by atoms with Crippen LogP contribution in [0.5, 0.6) is 0 Å². The smallest absolute Gasteiger partial charge is 0.269 e. The average Bonchev–Trinajstić information content (AvgIpc) is 3.26. The molecule has 1 aromatic carbocycles. The highest BCUT2D eigenvalue weighted by molar-refractivity contribution is 7.89. The molecule has 1 amide bonds. The monoisotopic (exact) mass is 416 g/mol. The minimum atomic E-state index is -3.78. The summed E-state index contributed by atoms with van der Waals surface area (Å²) in [5.41, 5.74) is 2.55. The molecule has 1 aliphatic rings. The Kier molecular flexibility index (Phi) is 5.80. The first-order valence-corrected chi connectivity index (χ1v) is 10.1. The van der Waals surface area contributed by atoms with Gasteiger partial charge in [0.15, 0.2) is 5.82 Å². The van der Waals surface area contributed by atoms with E-state index in [9.17, 15) is 17.6 Å². The first-order valence-electron chi connectivity index (χ1n) is 8.10. The van der Waals surface area contributed by atoms with Crippen LogP contribution in [-0.2, 0) is 21.8 Å². The number of imidazole rings is 1. The number of rotatable bonds is 6. The van der Waals surface area contributed by atoms with E-state index >= 15 is 0 Å². The number of hydrogen-bond donors (Lipinski definition) is 2. The van der Waals surface area contributed by atoms with E-state index in [0.29, 0.717) is 30.9 Å². The molecule has 11 heteroatoms. The van der Waals surface area contributed by atoms with Crippen molar-refractivity contribution in [2.75, 3.05) is 19.0 Å². The summed E-state index contributed by atoms with van der Waals surface area (Å²) in [7, 11) is -2.02. The van der Waals surface area contributed by atoms with E-state index in [4.69, 9.17) is 16.3 Å². The van der Waals surface area contributed by atoms with E-state index in [2.05, 4.69) is 4.98 Å². The molecule has 3 rings (SSSR count). The van der Waals surface area contributed by atoms with Crippen molar-refractivity contribution in [3.63, 3.8) is 0 Å². The predicted octanol–water partition coefficient (Wildman–Crippen LogP) is 1.48. The summed E-state index contributed by atoms with van der Waals surface area (Å²) in [6.45, 7) is 0.863. The number of sulfonamides is 1. The second-order valence-electron chi connectivity index (χ2n) is 6.31. The number of halogens is 2. The number of hydrazine groups is 1. The number of carbonyl (C=O) groups excluding carboxylic acids is 1. The summed E-state index contributed by atoms with van der Waals surface area (Å²) in [5.74, 6) is -2.24. The van der Waals surface area contributed by atoms with Crippen molar-refractivity contribution in [3.05, 3.63) is 41.1 Å². The molecular formula is C16H18ClFN4O4S. The van der Waals surface area contributed by atoms with Crippen LogP contribution in [0.2, 0.25) is 5.02 Å². The third-order valence-corrected chi connectivity index (χ3v) is 5.67. The lowest BCUT2D eigenvalue weighted by atomic mass is 10.1.